The number of fused-ring (bicyclic) bond motifs is 2. The quantitative estimate of drug-likeness (QED) is 0.743. The van der Waals surface area contributed by atoms with E-state index in [1.54, 1.807) is 11.8 Å². The Kier molecular flexibility index (Phi) is 4.37. The number of ketones is 1. The summed E-state index contributed by atoms with van der Waals surface area (Å²) in [6.45, 7) is 8.65. The molecule has 0 spiro atoms. The molecule has 0 aromatic heterocycles. The summed E-state index contributed by atoms with van der Waals surface area (Å²) in [6, 6.07) is 0. The highest BCUT2D eigenvalue weighted by Crippen LogP contribution is 2.52. The number of Topliss-reactive ketones (excluding diaryl/α,β-unsaturated/α-hetero) is 1. The van der Waals surface area contributed by atoms with Crippen LogP contribution < -0.4 is 0 Å². The zero-order valence-electron chi connectivity index (χ0n) is 11.5. The van der Waals surface area contributed by atoms with Gasteiger partial charge in [0.15, 0.2) is 5.78 Å². The van der Waals surface area contributed by atoms with Crippen molar-refractivity contribution in [2.75, 3.05) is 0 Å². The summed E-state index contributed by atoms with van der Waals surface area (Å²) in [6.07, 6.45) is 4.09. The number of hydrogen-bond acceptors (Lipinski definition) is 3. The predicted molar refractivity (Wildman–Crippen MR) is 78.8 cm³/mol. The first-order valence-electron chi connectivity index (χ1n) is 6.70. The first kappa shape index (κ1) is 14.3. The third-order valence-corrected chi connectivity index (χ3v) is 7.60. The molecule has 3 fully saturated rings. The van der Waals surface area contributed by atoms with Gasteiger partial charge in [0.2, 0.25) is 0 Å². The monoisotopic (exact) mass is 286 g/mol. The van der Waals surface area contributed by atoms with Crippen LogP contribution in [0.5, 0.6) is 0 Å². The molecule has 3 aliphatic rings. The topological polar surface area (TPSA) is 34.1 Å². The molecule has 0 amide bonds. The largest absolute Gasteiger partial charge is 0.297 e. The van der Waals surface area contributed by atoms with Crippen molar-refractivity contribution >= 4 is 28.3 Å². The van der Waals surface area contributed by atoms with E-state index in [1.165, 1.54) is 0 Å². The second kappa shape index (κ2) is 5.49. The van der Waals surface area contributed by atoms with Gasteiger partial charge in [0.05, 0.1) is 10.8 Å². The number of allylic oxidation sites excluding steroid dienone is 1. The van der Waals surface area contributed by atoms with Crippen molar-refractivity contribution in [2.24, 2.45) is 17.8 Å². The minimum atomic E-state index is -0.953. The van der Waals surface area contributed by atoms with Gasteiger partial charge in [-0.1, -0.05) is 33.8 Å². The highest BCUT2D eigenvalue weighted by atomic mass is 32.3. The molecule has 0 aromatic rings. The number of rotatable bonds is 4. The Balaban J connectivity index is 2.22. The van der Waals surface area contributed by atoms with E-state index < -0.39 is 10.8 Å². The van der Waals surface area contributed by atoms with E-state index in [9.17, 15) is 9.00 Å². The van der Waals surface area contributed by atoms with Crippen LogP contribution in [0, 0.1) is 17.8 Å². The molecule has 1 unspecified atom stereocenters. The zero-order valence-corrected chi connectivity index (χ0v) is 13.1. The van der Waals surface area contributed by atoms with Gasteiger partial charge in [-0.15, -0.1) is 11.8 Å². The Morgan fingerprint density at radius 2 is 1.89 bits per heavy atom. The van der Waals surface area contributed by atoms with Gasteiger partial charge in [0.25, 0.3) is 0 Å². The number of carbonyl (C=O) groups is 1. The van der Waals surface area contributed by atoms with Crippen LogP contribution in [-0.2, 0) is 15.6 Å². The second-order valence-electron chi connectivity index (χ2n) is 6.05. The molecule has 3 heterocycles. The molecule has 102 valence electrons. The molecule has 2 bridgehead atoms. The Morgan fingerprint density at radius 1 is 1.22 bits per heavy atom. The molecule has 4 atom stereocenters. The molecule has 3 aliphatic heterocycles. The minimum Gasteiger partial charge on any atom is -0.297 e. The zero-order chi connectivity index (χ0) is 13.4. The van der Waals surface area contributed by atoms with Gasteiger partial charge in [-0.3, -0.25) is 9.00 Å². The SMILES string of the molecule is CC(C)C/C=C1/[C@H](CC(C)C)C(=O)[C@@H]2S[C@H]1S2=O. The summed E-state index contributed by atoms with van der Waals surface area (Å²) in [7, 11) is -0.953. The average Bonchev–Trinajstić information content (AvgIpc) is 2.27. The fraction of sp³-hybridized carbons (Fsp3) is 0.786. The Hall–Kier alpha value is -0.0900. The predicted octanol–water partition coefficient (Wildman–Crippen LogP) is 3.35. The first-order chi connectivity index (χ1) is 8.41. The van der Waals surface area contributed by atoms with Gasteiger partial charge < -0.3 is 0 Å². The summed E-state index contributed by atoms with van der Waals surface area (Å²) < 4.78 is 11.8. The average molecular weight is 286 g/mol. The number of hydrogen-bond donors (Lipinski definition) is 0. The molecule has 0 aromatic carbocycles. The standard InChI is InChI=1S/C14H22O2S2/c1-8(2)5-6-10-11(7-9(3)4)12(15)14-17-13(10)18(14)16/h6,8-9,11,13-14H,5,7H2,1-4H3/b10-6-/t11-,13-,14+,18?/m0/s1. The lowest BCUT2D eigenvalue weighted by Gasteiger charge is -2.44. The second-order valence-corrected chi connectivity index (χ2v) is 9.46. The molecular formula is C14H22O2S2. The van der Waals surface area contributed by atoms with Gasteiger partial charge in [-0.05, 0) is 30.3 Å². The van der Waals surface area contributed by atoms with Gasteiger partial charge in [0.1, 0.15) is 9.16 Å². The lowest BCUT2D eigenvalue weighted by atomic mass is 9.86. The maximum Gasteiger partial charge on any atom is 0.165 e. The van der Waals surface area contributed by atoms with Gasteiger partial charge in [0, 0.05) is 5.92 Å². The van der Waals surface area contributed by atoms with Crippen LogP contribution >= 0.6 is 11.8 Å². The molecule has 0 aliphatic carbocycles. The van der Waals surface area contributed by atoms with Gasteiger partial charge in [-0.25, -0.2) is 0 Å². The van der Waals surface area contributed by atoms with Gasteiger partial charge in [-0.2, -0.15) is 0 Å². The third-order valence-electron chi connectivity index (χ3n) is 3.45. The molecule has 0 N–H and O–H groups in total. The van der Waals surface area contributed by atoms with Crippen molar-refractivity contribution in [3.05, 3.63) is 11.6 Å². The van der Waals surface area contributed by atoms with Crippen LogP contribution in [0.25, 0.3) is 0 Å². The van der Waals surface area contributed by atoms with E-state index >= 15 is 0 Å². The molecule has 0 saturated carbocycles. The van der Waals surface area contributed by atoms with Crippen molar-refractivity contribution in [3.8, 4) is 0 Å². The lowest BCUT2D eigenvalue weighted by Crippen LogP contribution is -2.52. The van der Waals surface area contributed by atoms with E-state index in [-0.39, 0.29) is 20.9 Å². The van der Waals surface area contributed by atoms with Crippen molar-refractivity contribution < 1.29 is 9.00 Å². The van der Waals surface area contributed by atoms with Crippen LogP contribution in [0.2, 0.25) is 0 Å². The lowest BCUT2D eigenvalue weighted by molar-refractivity contribution is -0.120. The summed E-state index contributed by atoms with van der Waals surface area (Å²) in [5.74, 6) is 1.35. The minimum absolute atomic E-state index is 0.0395. The number of thioether (sulfide) groups is 1. The van der Waals surface area contributed by atoms with E-state index in [4.69, 9.17) is 0 Å². The van der Waals surface area contributed by atoms with E-state index in [2.05, 4.69) is 33.8 Å². The molecule has 3 rings (SSSR count). The van der Waals surface area contributed by atoms with Crippen LogP contribution in [-0.4, -0.2) is 19.2 Å². The van der Waals surface area contributed by atoms with Gasteiger partial charge >= 0.3 is 0 Å². The Bertz CT molecular complexity index is 399. The Labute approximate surface area is 116 Å². The van der Waals surface area contributed by atoms with Crippen LogP contribution in [0.4, 0.5) is 0 Å². The normalized spacial score (nSPS) is 37.4. The highest BCUT2D eigenvalue weighted by molar-refractivity contribution is 8.28. The third kappa shape index (κ3) is 2.60. The summed E-state index contributed by atoms with van der Waals surface area (Å²) in [5, 5.41) is 0. The molecule has 3 saturated heterocycles. The van der Waals surface area contributed by atoms with Crippen LogP contribution in [0.1, 0.15) is 40.5 Å². The highest BCUT2D eigenvalue weighted by Gasteiger charge is 2.54. The van der Waals surface area contributed by atoms with E-state index in [0.29, 0.717) is 11.8 Å². The van der Waals surface area contributed by atoms with Crippen molar-refractivity contribution in [3.63, 3.8) is 0 Å². The van der Waals surface area contributed by atoms with Crippen molar-refractivity contribution in [1.29, 1.82) is 0 Å². The van der Waals surface area contributed by atoms with Crippen molar-refractivity contribution in [1.82, 2.24) is 0 Å². The fourth-order valence-corrected chi connectivity index (χ4v) is 5.97. The van der Waals surface area contributed by atoms with E-state index in [0.717, 1.165) is 18.4 Å². The number of carbonyl (C=O) groups excluding carboxylic acids is 1. The molecule has 2 nitrogen and oxygen atoms in total. The van der Waals surface area contributed by atoms with E-state index in [1.807, 2.05) is 0 Å². The van der Waals surface area contributed by atoms with Crippen LogP contribution in [0.15, 0.2) is 11.6 Å². The van der Waals surface area contributed by atoms with Crippen LogP contribution in [0.3, 0.4) is 0 Å². The summed E-state index contributed by atoms with van der Waals surface area (Å²) >= 11 is 1.60. The fourth-order valence-electron chi connectivity index (χ4n) is 2.50. The summed E-state index contributed by atoms with van der Waals surface area (Å²) in [5.41, 5.74) is 1.16. The van der Waals surface area contributed by atoms with Crippen molar-refractivity contribution in [2.45, 2.75) is 49.7 Å². The summed E-state index contributed by atoms with van der Waals surface area (Å²) in [4.78, 5) is 12.3. The molecule has 18 heavy (non-hydrogen) atoms. The Morgan fingerprint density at radius 3 is 2.39 bits per heavy atom. The molecule has 4 heteroatoms. The molecular weight excluding hydrogens is 264 g/mol. The molecule has 0 radical (unpaired) electrons. The first-order valence-corrected chi connectivity index (χ1v) is 8.92. The maximum atomic E-state index is 12.3. The smallest absolute Gasteiger partial charge is 0.165 e. The maximum absolute atomic E-state index is 12.3.